The van der Waals surface area contributed by atoms with Crippen LogP contribution < -0.4 is 10.6 Å². The van der Waals surface area contributed by atoms with Gasteiger partial charge in [0.2, 0.25) is 0 Å². The number of hydrogen-bond donors (Lipinski definition) is 1. The van der Waals surface area contributed by atoms with Gasteiger partial charge in [0.25, 0.3) is 0 Å². The number of benzene rings is 1. The number of nitrogens with zero attached hydrogens (tertiary/aromatic N) is 5. The summed E-state index contributed by atoms with van der Waals surface area (Å²) in [4.78, 5) is 15.5. The van der Waals surface area contributed by atoms with Crippen LogP contribution in [0.2, 0.25) is 5.02 Å². The lowest BCUT2D eigenvalue weighted by Gasteiger charge is -2.36. The molecule has 0 spiro atoms. The molecule has 6 nitrogen and oxygen atoms in total. The molecule has 3 rings (SSSR count). The number of piperazine rings is 1. The van der Waals surface area contributed by atoms with Crippen molar-refractivity contribution in [2.75, 3.05) is 31.1 Å². The maximum absolute atomic E-state index is 12.7. The van der Waals surface area contributed by atoms with Gasteiger partial charge in [-0.2, -0.15) is 13.2 Å². The summed E-state index contributed by atoms with van der Waals surface area (Å²) in [5.74, 6) is 0.249. The first-order valence-electron chi connectivity index (χ1n) is 8.27. The molecule has 0 unspecified atom stereocenters. The fraction of sp³-hybridized carbons (Fsp3) is 0.353. The van der Waals surface area contributed by atoms with Gasteiger partial charge in [0.05, 0.1) is 0 Å². The zero-order chi connectivity index (χ0) is 19.4. The van der Waals surface area contributed by atoms with Crippen LogP contribution in [0.1, 0.15) is 11.5 Å². The van der Waals surface area contributed by atoms with Crippen LogP contribution >= 0.6 is 11.6 Å². The average Bonchev–Trinajstić information content (AvgIpc) is 2.66. The summed E-state index contributed by atoms with van der Waals surface area (Å²) in [6, 6.07) is 8.43. The lowest BCUT2D eigenvalue weighted by molar-refractivity contribution is -0.141. The van der Waals surface area contributed by atoms with Gasteiger partial charge in [-0.05, 0) is 30.3 Å². The molecule has 2 N–H and O–H groups in total. The lowest BCUT2D eigenvalue weighted by Crippen LogP contribution is -2.51. The summed E-state index contributed by atoms with van der Waals surface area (Å²) < 4.78 is 38.1. The van der Waals surface area contributed by atoms with E-state index in [1.54, 1.807) is 0 Å². The van der Waals surface area contributed by atoms with E-state index in [1.165, 1.54) is 0 Å². The van der Waals surface area contributed by atoms with Crippen molar-refractivity contribution in [1.29, 1.82) is 0 Å². The fourth-order valence-electron chi connectivity index (χ4n) is 2.73. The van der Waals surface area contributed by atoms with Gasteiger partial charge in [0.1, 0.15) is 18.1 Å². The number of guanidine groups is 1. The third kappa shape index (κ3) is 5.00. The third-order valence-corrected chi connectivity index (χ3v) is 4.43. The van der Waals surface area contributed by atoms with E-state index in [0.717, 1.165) is 31.0 Å². The Morgan fingerprint density at radius 3 is 2.41 bits per heavy atom. The van der Waals surface area contributed by atoms with Crippen LogP contribution in [-0.4, -0.2) is 47.0 Å². The number of aromatic nitrogens is 2. The predicted molar refractivity (Wildman–Crippen MR) is 97.6 cm³/mol. The molecule has 1 aliphatic heterocycles. The van der Waals surface area contributed by atoms with Crippen LogP contribution in [0, 0.1) is 0 Å². The second-order valence-electron chi connectivity index (χ2n) is 5.98. The van der Waals surface area contributed by atoms with Crippen LogP contribution in [0.25, 0.3) is 0 Å². The number of alkyl halides is 3. The molecule has 2 heterocycles. The van der Waals surface area contributed by atoms with E-state index < -0.39 is 11.9 Å². The predicted octanol–water partition coefficient (Wildman–Crippen LogP) is 2.79. The second kappa shape index (κ2) is 7.99. The molecule has 144 valence electrons. The van der Waals surface area contributed by atoms with Gasteiger partial charge in [0, 0.05) is 43.1 Å². The van der Waals surface area contributed by atoms with Crippen molar-refractivity contribution in [1.82, 2.24) is 14.9 Å². The number of rotatable bonds is 3. The number of aliphatic imine (C=N–C) groups is 1. The number of nitrogens with two attached hydrogens (primary N) is 1. The highest BCUT2D eigenvalue weighted by Gasteiger charge is 2.32. The van der Waals surface area contributed by atoms with Gasteiger partial charge in [-0.25, -0.2) is 15.0 Å². The van der Waals surface area contributed by atoms with Crippen LogP contribution in [-0.2, 0) is 12.7 Å². The standard InChI is InChI=1S/C17H18ClF3N6/c18-12-1-3-13(4-2-12)26-7-9-27(10-8-26)16(22)24-11-15-23-6-5-14(25-15)17(19,20)21/h1-6H,7-11H2,(H2,22,24). The number of hydrogen-bond acceptors (Lipinski definition) is 4. The molecule has 0 bridgehead atoms. The maximum atomic E-state index is 12.7. The Kier molecular flexibility index (Phi) is 5.69. The highest BCUT2D eigenvalue weighted by molar-refractivity contribution is 6.30. The molecule has 0 amide bonds. The minimum atomic E-state index is -4.51. The molecule has 1 fully saturated rings. The number of halogens is 4. The molecule has 1 saturated heterocycles. The van der Waals surface area contributed by atoms with Crippen molar-refractivity contribution in [3.63, 3.8) is 0 Å². The van der Waals surface area contributed by atoms with Crippen molar-refractivity contribution < 1.29 is 13.2 Å². The van der Waals surface area contributed by atoms with Gasteiger partial charge in [-0.3, -0.25) is 0 Å². The van der Waals surface area contributed by atoms with Crippen molar-refractivity contribution in [2.45, 2.75) is 12.7 Å². The van der Waals surface area contributed by atoms with E-state index in [9.17, 15) is 13.2 Å². The summed E-state index contributed by atoms with van der Waals surface area (Å²) in [5, 5.41) is 0.686. The average molecular weight is 399 g/mol. The van der Waals surface area contributed by atoms with E-state index in [1.807, 2.05) is 29.2 Å². The van der Waals surface area contributed by atoms with Gasteiger partial charge in [-0.1, -0.05) is 11.6 Å². The minimum absolute atomic E-state index is 0.0208. The summed E-state index contributed by atoms with van der Waals surface area (Å²) >= 11 is 5.90. The molecule has 1 aromatic heterocycles. The molecular weight excluding hydrogens is 381 g/mol. The fourth-order valence-corrected chi connectivity index (χ4v) is 2.86. The van der Waals surface area contributed by atoms with E-state index in [4.69, 9.17) is 17.3 Å². The van der Waals surface area contributed by atoms with Gasteiger partial charge >= 0.3 is 6.18 Å². The van der Waals surface area contributed by atoms with Crippen LogP contribution in [0.5, 0.6) is 0 Å². The quantitative estimate of drug-likeness (QED) is 0.636. The lowest BCUT2D eigenvalue weighted by atomic mass is 10.2. The highest BCUT2D eigenvalue weighted by Crippen LogP contribution is 2.27. The summed E-state index contributed by atoms with van der Waals surface area (Å²) in [6.07, 6.45) is -3.44. The molecule has 0 saturated carbocycles. The first kappa shape index (κ1) is 19.2. The summed E-state index contributed by atoms with van der Waals surface area (Å²) in [6.45, 7) is 2.70. The summed E-state index contributed by atoms with van der Waals surface area (Å²) in [7, 11) is 0. The first-order chi connectivity index (χ1) is 12.8. The Hall–Kier alpha value is -2.55. The Morgan fingerprint density at radius 2 is 1.78 bits per heavy atom. The topological polar surface area (TPSA) is 70.6 Å². The van der Waals surface area contributed by atoms with Crippen LogP contribution in [0.3, 0.4) is 0 Å². The minimum Gasteiger partial charge on any atom is -0.370 e. The van der Waals surface area contributed by atoms with E-state index in [-0.39, 0.29) is 18.3 Å². The SMILES string of the molecule is NC(=NCc1nccc(C(F)(F)F)n1)N1CCN(c2ccc(Cl)cc2)CC1. The van der Waals surface area contributed by atoms with Crippen LogP contribution in [0.15, 0.2) is 41.5 Å². The van der Waals surface area contributed by atoms with E-state index >= 15 is 0 Å². The Balaban J connectivity index is 1.57. The molecular formula is C17H18ClF3N6. The monoisotopic (exact) mass is 398 g/mol. The molecule has 1 aromatic carbocycles. The summed E-state index contributed by atoms with van der Waals surface area (Å²) in [5.41, 5.74) is 6.07. The van der Waals surface area contributed by atoms with Crippen molar-refractivity contribution in [3.05, 3.63) is 53.1 Å². The smallest absolute Gasteiger partial charge is 0.370 e. The normalized spacial score (nSPS) is 15.9. The van der Waals surface area contributed by atoms with E-state index in [2.05, 4.69) is 19.9 Å². The highest BCUT2D eigenvalue weighted by atomic mass is 35.5. The third-order valence-electron chi connectivity index (χ3n) is 4.17. The van der Waals surface area contributed by atoms with Crippen LogP contribution in [0.4, 0.5) is 18.9 Å². The molecule has 2 aromatic rings. The maximum Gasteiger partial charge on any atom is 0.433 e. The van der Waals surface area contributed by atoms with Gasteiger partial charge in [0.15, 0.2) is 5.96 Å². The Bertz CT molecular complexity index is 801. The second-order valence-corrected chi connectivity index (χ2v) is 6.42. The van der Waals surface area contributed by atoms with Gasteiger partial charge in [-0.15, -0.1) is 0 Å². The van der Waals surface area contributed by atoms with Gasteiger partial charge < -0.3 is 15.5 Å². The zero-order valence-electron chi connectivity index (χ0n) is 14.3. The Morgan fingerprint density at radius 1 is 1.11 bits per heavy atom. The molecule has 1 aliphatic rings. The molecule has 0 atom stereocenters. The largest absolute Gasteiger partial charge is 0.433 e. The van der Waals surface area contributed by atoms with E-state index in [0.29, 0.717) is 18.1 Å². The van der Waals surface area contributed by atoms with Crippen molar-refractivity contribution >= 4 is 23.2 Å². The van der Waals surface area contributed by atoms with Crippen molar-refractivity contribution in [2.24, 2.45) is 10.7 Å². The molecule has 0 aliphatic carbocycles. The Labute approximate surface area is 159 Å². The molecule has 10 heteroatoms. The van der Waals surface area contributed by atoms with Crippen molar-refractivity contribution in [3.8, 4) is 0 Å². The molecule has 0 radical (unpaired) electrons. The number of anilines is 1. The molecule has 27 heavy (non-hydrogen) atoms. The zero-order valence-corrected chi connectivity index (χ0v) is 15.1. The first-order valence-corrected chi connectivity index (χ1v) is 8.65.